The molecular formula is C26H26BrN3OS. The first kappa shape index (κ1) is 22.5. The molecule has 0 N–H and O–H groups in total. The predicted molar refractivity (Wildman–Crippen MR) is 139 cm³/mol. The van der Waals surface area contributed by atoms with Gasteiger partial charge < -0.3 is 9.47 Å². The highest BCUT2D eigenvalue weighted by Crippen LogP contribution is 2.31. The molecule has 0 unspecified atom stereocenters. The number of thiocarbonyl (C=S) groups is 1. The van der Waals surface area contributed by atoms with E-state index in [2.05, 4.69) is 72.5 Å². The summed E-state index contributed by atoms with van der Waals surface area (Å²) < 4.78 is 3.30. The van der Waals surface area contributed by atoms with Crippen LogP contribution < -0.4 is 4.90 Å². The largest absolute Gasteiger partial charge is 0.318 e. The van der Waals surface area contributed by atoms with E-state index >= 15 is 0 Å². The Morgan fingerprint density at radius 2 is 1.53 bits per heavy atom. The van der Waals surface area contributed by atoms with Gasteiger partial charge in [-0.15, -0.1) is 0 Å². The number of benzene rings is 2. The number of anilines is 1. The first-order chi connectivity index (χ1) is 15.1. The summed E-state index contributed by atoms with van der Waals surface area (Å²) in [5.41, 5.74) is 9.15. The van der Waals surface area contributed by atoms with E-state index in [1.807, 2.05) is 38.2 Å². The summed E-state index contributed by atoms with van der Waals surface area (Å²) in [6, 6.07) is 14.4. The van der Waals surface area contributed by atoms with Crippen molar-refractivity contribution in [3.05, 3.63) is 86.3 Å². The molecule has 1 fully saturated rings. The topological polar surface area (TPSA) is 28.5 Å². The molecular weight excluding hydrogens is 482 g/mol. The molecule has 2 heterocycles. The predicted octanol–water partition coefficient (Wildman–Crippen LogP) is 6.39. The average molecular weight is 508 g/mol. The smallest absolute Gasteiger partial charge is 0.281 e. The number of aromatic nitrogens is 1. The Balaban J connectivity index is 1.75. The van der Waals surface area contributed by atoms with Gasteiger partial charge in [-0.3, -0.25) is 9.69 Å². The Morgan fingerprint density at radius 1 is 0.875 bits per heavy atom. The highest BCUT2D eigenvalue weighted by molar-refractivity contribution is 9.10. The quantitative estimate of drug-likeness (QED) is 0.303. The SMILES string of the molecule is Cc1ccc(N2C(=O)/C(=C/c3cc(C)n(-c4ccc(Br)c(C)c4)c3C)N(C)C2=S)cc1C. The minimum absolute atomic E-state index is 0.106. The molecule has 0 spiro atoms. The maximum absolute atomic E-state index is 13.4. The van der Waals surface area contributed by atoms with Crippen LogP contribution in [0.1, 0.15) is 33.6 Å². The van der Waals surface area contributed by atoms with Crippen LogP contribution in [0.15, 0.2) is 52.6 Å². The maximum Gasteiger partial charge on any atom is 0.281 e. The molecule has 2 aromatic carbocycles. The van der Waals surface area contributed by atoms with E-state index in [-0.39, 0.29) is 5.91 Å². The van der Waals surface area contributed by atoms with Gasteiger partial charge in [0.1, 0.15) is 5.70 Å². The third kappa shape index (κ3) is 3.71. The normalized spacial score (nSPS) is 15.4. The number of hydrogen-bond acceptors (Lipinski definition) is 2. The molecule has 1 aliphatic heterocycles. The molecule has 32 heavy (non-hydrogen) atoms. The molecule has 1 aliphatic rings. The van der Waals surface area contributed by atoms with Crippen LogP contribution in [-0.2, 0) is 4.79 Å². The number of carbonyl (C=O) groups excluding carboxylic acids is 1. The third-order valence-corrected chi connectivity index (χ3v) is 7.52. The summed E-state index contributed by atoms with van der Waals surface area (Å²) in [7, 11) is 1.85. The number of likely N-dealkylation sites (N-methyl/N-ethyl adjacent to an activating group) is 1. The molecule has 4 rings (SSSR count). The molecule has 3 aromatic rings. The molecule has 4 nitrogen and oxygen atoms in total. The van der Waals surface area contributed by atoms with Crippen molar-refractivity contribution in [2.24, 2.45) is 0 Å². The first-order valence-electron chi connectivity index (χ1n) is 10.5. The van der Waals surface area contributed by atoms with E-state index < -0.39 is 0 Å². The lowest BCUT2D eigenvalue weighted by Crippen LogP contribution is -2.31. The lowest BCUT2D eigenvalue weighted by Gasteiger charge is -2.17. The van der Waals surface area contributed by atoms with Crippen molar-refractivity contribution < 1.29 is 4.79 Å². The Kier molecular flexibility index (Phi) is 5.86. The number of carbonyl (C=O) groups is 1. The van der Waals surface area contributed by atoms with E-state index in [9.17, 15) is 4.79 Å². The Morgan fingerprint density at radius 3 is 2.19 bits per heavy atom. The lowest BCUT2D eigenvalue weighted by molar-refractivity contribution is -0.114. The average Bonchev–Trinajstić information content (AvgIpc) is 3.13. The molecule has 0 aliphatic carbocycles. The fraction of sp³-hybridized carbons (Fsp3) is 0.231. The fourth-order valence-electron chi connectivity index (χ4n) is 4.10. The second-order valence-corrected chi connectivity index (χ2v) is 9.60. The van der Waals surface area contributed by atoms with Crippen LogP contribution in [0.3, 0.4) is 0 Å². The number of amides is 1. The minimum atomic E-state index is -0.106. The van der Waals surface area contributed by atoms with E-state index in [0.717, 1.165) is 38.4 Å². The fourth-order valence-corrected chi connectivity index (χ4v) is 4.63. The van der Waals surface area contributed by atoms with Crippen LogP contribution in [-0.4, -0.2) is 27.5 Å². The second-order valence-electron chi connectivity index (χ2n) is 8.38. The van der Waals surface area contributed by atoms with Gasteiger partial charge in [0.2, 0.25) is 0 Å². The van der Waals surface area contributed by atoms with Crippen LogP contribution in [0.2, 0.25) is 0 Å². The summed E-state index contributed by atoms with van der Waals surface area (Å²) in [5, 5.41) is 0.488. The minimum Gasteiger partial charge on any atom is -0.318 e. The summed E-state index contributed by atoms with van der Waals surface area (Å²) >= 11 is 9.21. The first-order valence-corrected chi connectivity index (χ1v) is 11.7. The second kappa shape index (κ2) is 8.34. The van der Waals surface area contributed by atoms with Crippen molar-refractivity contribution in [2.75, 3.05) is 11.9 Å². The Bertz CT molecular complexity index is 1300. The van der Waals surface area contributed by atoms with Gasteiger partial charge in [-0.05, 0) is 112 Å². The summed E-state index contributed by atoms with van der Waals surface area (Å²) in [6.45, 7) is 10.3. The number of aryl methyl sites for hydroxylation is 4. The molecule has 1 amide bonds. The van der Waals surface area contributed by atoms with Gasteiger partial charge in [0.25, 0.3) is 5.91 Å². The molecule has 0 radical (unpaired) electrons. The number of rotatable bonds is 3. The zero-order valence-electron chi connectivity index (χ0n) is 19.2. The molecule has 6 heteroatoms. The zero-order chi connectivity index (χ0) is 23.3. The standard InChI is InChI=1S/C26H26BrN3OS/c1-15-7-8-22(11-16(15)2)30-25(31)24(28(6)26(30)32)14-20-13-18(4)29(19(20)5)21-9-10-23(27)17(3)12-21/h7-14H,1-6H3/b24-14-. The van der Waals surface area contributed by atoms with Crippen molar-refractivity contribution >= 4 is 50.9 Å². The van der Waals surface area contributed by atoms with Gasteiger partial charge in [-0.1, -0.05) is 22.0 Å². The summed E-state index contributed by atoms with van der Waals surface area (Å²) in [5.74, 6) is -0.106. The van der Waals surface area contributed by atoms with Gasteiger partial charge >= 0.3 is 0 Å². The number of halogens is 1. The van der Waals surface area contributed by atoms with E-state index in [4.69, 9.17) is 12.2 Å². The molecule has 0 bridgehead atoms. The van der Waals surface area contributed by atoms with Crippen LogP contribution in [0.25, 0.3) is 11.8 Å². The van der Waals surface area contributed by atoms with Gasteiger partial charge in [0, 0.05) is 28.6 Å². The van der Waals surface area contributed by atoms with Crippen molar-refractivity contribution in [2.45, 2.75) is 34.6 Å². The molecule has 1 saturated heterocycles. The van der Waals surface area contributed by atoms with Gasteiger partial charge in [-0.25, -0.2) is 0 Å². The lowest BCUT2D eigenvalue weighted by atomic mass is 10.1. The van der Waals surface area contributed by atoms with Gasteiger partial charge in [0.15, 0.2) is 5.11 Å². The van der Waals surface area contributed by atoms with Crippen LogP contribution in [0.4, 0.5) is 5.69 Å². The van der Waals surface area contributed by atoms with Crippen LogP contribution in [0.5, 0.6) is 0 Å². The van der Waals surface area contributed by atoms with E-state index in [1.165, 1.54) is 11.1 Å². The number of hydrogen-bond donors (Lipinski definition) is 0. The van der Waals surface area contributed by atoms with Crippen LogP contribution >= 0.6 is 28.1 Å². The summed E-state index contributed by atoms with van der Waals surface area (Å²) in [4.78, 5) is 16.8. The van der Waals surface area contributed by atoms with Crippen molar-refractivity contribution in [3.8, 4) is 5.69 Å². The van der Waals surface area contributed by atoms with Crippen molar-refractivity contribution in [3.63, 3.8) is 0 Å². The maximum atomic E-state index is 13.4. The van der Waals surface area contributed by atoms with Gasteiger partial charge in [-0.2, -0.15) is 0 Å². The molecule has 0 saturated carbocycles. The highest BCUT2D eigenvalue weighted by atomic mass is 79.9. The van der Waals surface area contributed by atoms with Crippen molar-refractivity contribution in [1.82, 2.24) is 9.47 Å². The molecule has 1 aromatic heterocycles. The van der Waals surface area contributed by atoms with Crippen LogP contribution in [0, 0.1) is 34.6 Å². The van der Waals surface area contributed by atoms with Gasteiger partial charge in [0.05, 0.1) is 5.69 Å². The Hall–Kier alpha value is -2.70. The molecule has 164 valence electrons. The zero-order valence-corrected chi connectivity index (χ0v) is 21.6. The van der Waals surface area contributed by atoms with Crippen molar-refractivity contribution in [1.29, 1.82) is 0 Å². The monoisotopic (exact) mass is 507 g/mol. The van der Waals surface area contributed by atoms with E-state index in [0.29, 0.717) is 10.8 Å². The third-order valence-electron chi connectivity index (χ3n) is 6.17. The van der Waals surface area contributed by atoms with E-state index in [1.54, 1.807) is 9.80 Å². The highest BCUT2D eigenvalue weighted by Gasteiger charge is 2.37. The molecule has 0 atom stereocenters. The Labute approximate surface area is 203 Å². The summed E-state index contributed by atoms with van der Waals surface area (Å²) in [6.07, 6.45) is 1.94. The number of nitrogens with zero attached hydrogens (tertiary/aromatic N) is 3.